The lowest BCUT2D eigenvalue weighted by atomic mass is 10.1. The van der Waals surface area contributed by atoms with Crippen LogP contribution in [0.25, 0.3) is 0 Å². The molecule has 1 heterocycles. The van der Waals surface area contributed by atoms with E-state index in [1.54, 1.807) is 0 Å². The summed E-state index contributed by atoms with van der Waals surface area (Å²) in [6, 6.07) is 9.90. The molecule has 0 aliphatic carbocycles. The summed E-state index contributed by atoms with van der Waals surface area (Å²) < 4.78 is 0. The summed E-state index contributed by atoms with van der Waals surface area (Å²) in [4.78, 5) is 14.4. The van der Waals surface area contributed by atoms with Crippen LogP contribution in [0.3, 0.4) is 0 Å². The first-order valence-electron chi connectivity index (χ1n) is 6.07. The fraction of sp³-hybridized carbons (Fsp3) is 0.462. The highest BCUT2D eigenvalue weighted by Gasteiger charge is 2.28. The van der Waals surface area contributed by atoms with Gasteiger partial charge in [0, 0.05) is 26.2 Å². The fourth-order valence-electron chi connectivity index (χ4n) is 2.27. The van der Waals surface area contributed by atoms with Gasteiger partial charge in [0.15, 0.2) is 0 Å². The molecule has 5 heteroatoms. The second-order valence-electron chi connectivity index (χ2n) is 4.52. The van der Waals surface area contributed by atoms with Crippen LogP contribution in [0.2, 0.25) is 0 Å². The van der Waals surface area contributed by atoms with Crippen LogP contribution in [-0.4, -0.2) is 58.4 Å². The maximum atomic E-state index is 10.9. The number of benzene rings is 1. The minimum Gasteiger partial charge on any atom is -0.465 e. The van der Waals surface area contributed by atoms with Crippen molar-refractivity contribution in [2.24, 2.45) is 0 Å². The summed E-state index contributed by atoms with van der Waals surface area (Å²) in [5.41, 5.74) is 1.18. The van der Waals surface area contributed by atoms with Crippen LogP contribution >= 0.6 is 0 Å². The lowest BCUT2D eigenvalue weighted by Gasteiger charge is -2.39. The summed E-state index contributed by atoms with van der Waals surface area (Å²) in [6.45, 7) is 2.26. The summed E-state index contributed by atoms with van der Waals surface area (Å²) in [5, 5.41) is 18.3. The maximum Gasteiger partial charge on any atom is 0.407 e. The van der Waals surface area contributed by atoms with Crippen molar-refractivity contribution in [1.82, 2.24) is 9.80 Å². The number of aliphatic hydroxyl groups is 1. The third-order valence-corrected chi connectivity index (χ3v) is 3.31. The smallest absolute Gasteiger partial charge is 0.407 e. The molecule has 1 saturated heterocycles. The molecule has 5 nitrogen and oxygen atoms in total. The van der Waals surface area contributed by atoms with Crippen LogP contribution in [0.1, 0.15) is 5.56 Å². The molecule has 2 N–H and O–H groups in total. The third-order valence-electron chi connectivity index (χ3n) is 3.31. The van der Waals surface area contributed by atoms with Gasteiger partial charge in [-0.1, -0.05) is 30.3 Å². The molecule has 1 unspecified atom stereocenters. The van der Waals surface area contributed by atoms with Crippen LogP contribution in [0.15, 0.2) is 30.3 Å². The van der Waals surface area contributed by atoms with Crippen LogP contribution in [-0.2, 0) is 6.54 Å². The zero-order chi connectivity index (χ0) is 13.0. The van der Waals surface area contributed by atoms with Gasteiger partial charge in [-0.25, -0.2) is 4.79 Å². The average molecular weight is 250 g/mol. The number of nitrogens with zero attached hydrogens (tertiary/aromatic N) is 2. The van der Waals surface area contributed by atoms with E-state index >= 15 is 0 Å². The molecule has 1 aliphatic rings. The van der Waals surface area contributed by atoms with E-state index in [0.717, 1.165) is 6.54 Å². The molecule has 2 rings (SSSR count). The molecule has 0 spiro atoms. The van der Waals surface area contributed by atoms with Gasteiger partial charge in [-0.2, -0.15) is 0 Å². The molecule has 98 valence electrons. The number of rotatable bonds is 3. The number of amides is 1. The van der Waals surface area contributed by atoms with Crippen molar-refractivity contribution in [1.29, 1.82) is 0 Å². The van der Waals surface area contributed by atoms with Crippen LogP contribution in [0, 0.1) is 0 Å². The highest BCUT2D eigenvalue weighted by molar-refractivity contribution is 5.65. The van der Waals surface area contributed by atoms with E-state index < -0.39 is 6.09 Å². The molecule has 0 radical (unpaired) electrons. The lowest BCUT2D eigenvalue weighted by Crippen LogP contribution is -2.55. The minimum absolute atomic E-state index is 0.0172. The highest BCUT2D eigenvalue weighted by Crippen LogP contribution is 2.14. The molecule has 1 aromatic carbocycles. The summed E-state index contributed by atoms with van der Waals surface area (Å²) in [5.74, 6) is 0. The standard InChI is InChI=1S/C13H18N2O3/c16-10-12-9-15(13(17)18)7-6-14(12)8-11-4-2-1-3-5-11/h1-5,12,16H,6-10H2,(H,17,18). The molecule has 0 aromatic heterocycles. The monoisotopic (exact) mass is 250 g/mol. The Morgan fingerprint density at radius 3 is 2.61 bits per heavy atom. The number of carboxylic acid groups (broad SMARTS) is 1. The van der Waals surface area contributed by atoms with E-state index in [1.807, 2.05) is 30.3 Å². The Labute approximate surface area is 106 Å². The van der Waals surface area contributed by atoms with Gasteiger partial charge in [-0.15, -0.1) is 0 Å². The first-order chi connectivity index (χ1) is 8.70. The second kappa shape index (κ2) is 5.84. The Hall–Kier alpha value is -1.59. The first kappa shape index (κ1) is 12.9. The SMILES string of the molecule is O=C(O)N1CCN(Cc2ccccc2)C(CO)C1. The maximum absolute atomic E-state index is 10.9. The molecule has 1 amide bonds. The molecule has 1 fully saturated rings. The molecule has 1 aromatic rings. The van der Waals surface area contributed by atoms with Gasteiger partial charge in [0.1, 0.15) is 0 Å². The Morgan fingerprint density at radius 1 is 1.28 bits per heavy atom. The van der Waals surface area contributed by atoms with Crippen LogP contribution in [0.5, 0.6) is 0 Å². The Morgan fingerprint density at radius 2 is 2.00 bits per heavy atom. The third kappa shape index (κ3) is 3.00. The predicted octanol–water partition coefficient (Wildman–Crippen LogP) is 0.843. The van der Waals surface area contributed by atoms with Crippen LogP contribution in [0.4, 0.5) is 4.79 Å². The summed E-state index contributed by atoms with van der Waals surface area (Å²) >= 11 is 0. The summed E-state index contributed by atoms with van der Waals surface area (Å²) in [7, 11) is 0. The topological polar surface area (TPSA) is 64.0 Å². The van der Waals surface area contributed by atoms with E-state index in [4.69, 9.17) is 5.11 Å². The Bertz CT molecular complexity index is 396. The van der Waals surface area contributed by atoms with Crippen molar-refractivity contribution in [2.45, 2.75) is 12.6 Å². The van der Waals surface area contributed by atoms with E-state index in [-0.39, 0.29) is 12.6 Å². The Balaban J connectivity index is 1.99. The Kier molecular flexibility index (Phi) is 4.17. The van der Waals surface area contributed by atoms with E-state index in [0.29, 0.717) is 19.6 Å². The van der Waals surface area contributed by atoms with Crippen LogP contribution < -0.4 is 0 Å². The first-order valence-corrected chi connectivity index (χ1v) is 6.07. The van der Waals surface area contributed by atoms with Crippen molar-refractivity contribution in [3.63, 3.8) is 0 Å². The van der Waals surface area contributed by atoms with Gasteiger partial charge in [-0.3, -0.25) is 4.90 Å². The highest BCUT2D eigenvalue weighted by atomic mass is 16.4. The van der Waals surface area contributed by atoms with Crippen molar-refractivity contribution < 1.29 is 15.0 Å². The summed E-state index contributed by atoms with van der Waals surface area (Å²) in [6.07, 6.45) is -0.909. The van der Waals surface area contributed by atoms with E-state index in [9.17, 15) is 9.90 Å². The number of hydrogen-bond acceptors (Lipinski definition) is 3. The average Bonchev–Trinajstić information content (AvgIpc) is 2.40. The zero-order valence-corrected chi connectivity index (χ0v) is 10.2. The van der Waals surface area contributed by atoms with Crippen molar-refractivity contribution in [2.75, 3.05) is 26.2 Å². The van der Waals surface area contributed by atoms with Gasteiger partial charge >= 0.3 is 6.09 Å². The molecule has 18 heavy (non-hydrogen) atoms. The lowest BCUT2D eigenvalue weighted by molar-refractivity contribution is 0.0368. The number of carbonyl (C=O) groups is 1. The minimum atomic E-state index is -0.909. The zero-order valence-electron chi connectivity index (χ0n) is 10.2. The second-order valence-corrected chi connectivity index (χ2v) is 4.52. The van der Waals surface area contributed by atoms with Gasteiger partial charge in [0.25, 0.3) is 0 Å². The predicted molar refractivity (Wildman–Crippen MR) is 67.3 cm³/mol. The van der Waals surface area contributed by atoms with E-state index in [2.05, 4.69) is 4.90 Å². The van der Waals surface area contributed by atoms with Crippen molar-refractivity contribution in [3.05, 3.63) is 35.9 Å². The van der Waals surface area contributed by atoms with Gasteiger partial charge in [0.05, 0.1) is 12.6 Å². The largest absolute Gasteiger partial charge is 0.465 e. The molecular formula is C13H18N2O3. The molecule has 1 atom stereocenters. The van der Waals surface area contributed by atoms with Crippen molar-refractivity contribution in [3.8, 4) is 0 Å². The van der Waals surface area contributed by atoms with Gasteiger partial charge < -0.3 is 15.1 Å². The van der Waals surface area contributed by atoms with Gasteiger partial charge in [-0.05, 0) is 5.56 Å². The molecule has 0 saturated carbocycles. The number of hydrogen-bond donors (Lipinski definition) is 2. The number of aliphatic hydroxyl groups excluding tert-OH is 1. The van der Waals surface area contributed by atoms with Gasteiger partial charge in [0.2, 0.25) is 0 Å². The van der Waals surface area contributed by atoms with E-state index in [1.165, 1.54) is 10.5 Å². The number of piperazine rings is 1. The molecule has 0 bridgehead atoms. The molecular weight excluding hydrogens is 232 g/mol. The fourth-order valence-corrected chi connectivity index (χ4v) is 2.27. The van der Waals surface area contributed by atoms with Crippen molar-refractivity contribution >= 4 is 6.09 Å². The normalized spacial score (nSPS) is 20.9. The quantitative estimate of drug-likeness (QED) is 0.834. The molecule has 1 aliphatic heterocycles.